The third-order valence-corrected chi connectivity index (χ3v) is 3.95. The molecule has 0 radical (unpaired) electrons. The van der Waals surface area contributed by atoms with Gasteiger partial charge < -0.3 is 10.0 Å². The van der Waals surface area contributed by atoms with Gasteiger partial charge in [0.2, 0.25) is 5.88 Å². The van der Waals surface area contributed by atoms with Gasteiger partial charge in [0.25, 0.3) is 5.56 Å². The molecule has 1 aromatic carbocycles. The Kier molecular flexibility index (Phi) is 6.55. The fraction of sp³-hybridized carbons (Fsp3) is 0.353. The maximum Gasteiger partial charge on any atom is 0.416 e. The van der Waals surface area contributed by atoms with Crippen LogP contribution in [0.3, 0.4) is 0 Å². The van der Waals surface area contributed by atoms with Crippen molar-refractivity contribution in [2.24, 2.45) is 4.99 Å². The van der Waals surface area contributed by atoms with E-state index in [1.165, 1.54) is 18.3 Å². The number of alkyl halides is 3. The number of hydrogen-bond acceptors (Lipinski definition) is 5. The molecular formula is C17H19F3N4O2S. The summed E-state index contributed by atoms with van der Waals surface area (Å²) in [4.78, 5) is 20.5. The maximum atomic E-state index is 12.9. The highest BCUT2D eigenvalue weighted by Gasteiger charge is 2.30. The van der Waals surface area contributed by atoms with Crippen LogP contribution < -0.4 is 5.56 Å². The standard InChI is InChI=1S/C17H19F3N4O2S/c1-23(2)8-4-7-21-10-13-14(25)22-16(27)24(15(13)26)12-6-3-5-11(9-12)17(18,19)20/h3,5-6,9-10,26H,4,7-8H2,1-2H3,(H,22,25,27). The van der Waals surface area contributed by atoms with Gasteiger partial charge >= 0.3 is 6.18 Å². The molecule has 0 unspecified atom stereocenters. The molecule has 1 aromatic heterocycles. The van der Waals surface area contributed by atoms with Crippen molar-refractivity contribution in [2.45, 2.75) is 12.6 Å². The molecule has 146 valence electrons. The van der Waals surface area contributed by atoms with E-state index in [1.54, 1.807) is 0 Å². The fourth-order valence-electron chi connectivity index (χ4n) is 2.35. The molecule has 10 heteroatoms. The maximum absolute atomic E-state index is 12.9. The number of aromatic hydroxyl groups is 1. The number of nitrogens with one attached hydrogen (secondary N) is 1. The molecule has 0 aliphatic rings. The van der Waals surface area contributed by atoms with Crippen LogP contribution in [0.4, 0.5) is 13.2 Å². The van der Waals surface area contributed by atoms with Gasteiger partial charge in [-0.05, 0) is 57.5 Å². The molecule has 0 aliphatic carbocycles. The van der Waals surface area contributed by atoms with Crippen molar-refractivity contribution < 1.29 is 18.3 Å². The highest BCUT2D eigenvalue weighted by Crippen LogP contribution is 2.31. The second-order valence-corrected chi connectivity index (χ2v) is 6.46. The van der Waals surface area contributed by atoms with Crippen molar-refractivity contribution in [1.82, 2.24) is 14.5 Å². The largest absolute Gasteiger partial charge is 0.494 e. The van der Waals surface area contributed by atoms with Crippen molar-refractivity contribution in [3.8, 4) is 11.6 Å². The van der Waals surface area contributed by atoms with E-state index in [9.17, 15) is 23.1 Å². The summed E-state index contributed by atoms with van der Waals surface area (Å²) >= 11 is 5.00. The van der Waals surface area contributed by atoms with Gasteiger partial charge in [-0.1, -0.05) is 6.07 Å². The van der Waals surface area contributed by atoms with Crippen LogP contribution in [-0.4, -0.2) is 53.0 Å². The van der Waals surface area contributed by atoms with Crippen LogP contribution in [-0.2, 0) is 6.18 Å². The van der Waals surface area contributed by atoms with Crippen molar-refractivity contribution in [2.75, 3.05) is 27.2 Å². The zero-order valence-electron chi connectivity index (χ0n) is 14.7. The zero-order chi connectivity index (χ0) is 20.2. The predicted octanol–water partition coefficient (Wildman–Crippen LogP) is 2.99. The first kappa shape index (κ1) is 20.8. The monoisotopic (exact) mass is 400 g/mol. The Bertz CT molecular complexity index is 948. The first-order chi connectivity index (χ1) is 12.6. The van der Waals surface area contributed by atoms with E-state index in [4.69, 9.17) is 12.2 Å². The van der Waals surface area contributed by atoms with Crippen molar-refractivity contribution in [3.05, 3.63) is 50.5 Å². The summed E-state index contributed by atoms with van der Waals surface area (Å²) in [5, 5.41) is 10.4. The van der Waals surface area contributed by atoms with E-state index >= 15 is 0 Å². The van der Waals surface area contributed by atoms with E-state index in [1.807, 2.05) is 19.0 Å². The summed E-state index contributed by atoms with van der Waals surface area (Å²) in [6.45, 7) is 1.23. The highest BCUT2D eigenvalue weighted by atomic mass is 32.1. The number of nitrogens with zero attached hydrogens (tertiary/aromatic N) is 3. The lowest BCUT2D eigenvalue weighted by atomic mass is 10.2. The molecule has 0 atom stereocenters. The zero-order valence-corrected chi connectivity index (χ0v) is 15.6. The fourth-order valence-corrected chi connectivity index (χ4v) is 2.63. The third-order valence-electron chi connectivity index (χ3n) is 3.67. The van der Waals surface area contributed by atoms with E-state index in [2.05, 4.69) is 9.98 Å². The summed E-state index contributed by atoms with van der Waals surface area (Å²) in [6.07, 6.45) is -2.61. The van der Waals surface area contributed by atoms with Gasteiger partial charge in [-0.2, -0.15) is 13.2 Å². The Morgan fingerprint density at radius 3 is 2.70 bits per heavy atom. The first-order valence-electron chi connectivity index (χ1n) is 8.01. The van der Waals surface area contributed by atoms with Crippen molar-refractivity contribution in [3.63, 3.8) is 0 Å². The number of H-pyrrole nitrogens is 1. The summed E-state index contributed by atoms with van der Waals surface area (Å²) in [5.41, 5.74) is -1.76. The van der Waals surface area contributed by atoms with Crippen molar-refractivity contribution >= 4 is 18.4 Å². The number of rotatable bonds is 6. The number of halogens is 3. The molecule has 0 fully saturated rings. The minimum atomic E-state index is -4.55. The van der Waals surface area contributed by atoms with Crippen LogP contribution in [0.25, 0.3) is 5.69 Å². The van der Waals surface area contributed by atoms with Crippen LogP contribution in [0.2, 0.25) is 0 Å². The minimum Gasteiger partial charge on any atom is -0.494 e. The summed E-state index contributed by atoms with van der Waals surface area (Å²) in [5.74, 6) is -0.570. The highest BCUT2D eigenvalue weighted by molar-refractivity contribution is 7.71. The molecule has 0 spiro atoms. The molecule has 2 N–H and O–H groups in total. The van der Waals surface area contributed by atoms with Gasteiger partial charge in [-0.25, -0.2) is 0 Å². The quantitative estimate of drug-likeness (QED) is 0.444. The van der Waals surface area contributed by atoms with Gasteiger partial charge in [0.05, 0.1) is 11.3 Å². The Morgan fingerprint density at radius 1 is 1.37 bits per heavy atom. The number of benzene rings is 1. The second kappa shape index (κ2) is 8.49. The lowest BCUT2D eigenvalue weighted by molar-refractivity contribution is -0.137. The number of aliphatic imine (C=N–C) groups is 1. The van der Waals surface area contributed by atoms with E-state index < -0.39 is 23.2 Å². The van der Waals surface area contributed by atoms with E-state index in [-0.39, 0.29) is 16.0 Å². The van der Waals surface area contributed by atoms with Crippen molar-refractivity contribution in [1.29, 1.82) is 0 Å². The molecule has 0 saturated heterocycles. The second-order valence-electron chi connectivity index (χ2n) is 6.07. The van der Waals surface area contributed by atoms with E-state index in [0.29, 0.717) is 6.54 Å². The molecule has 27 heavy (non-hydrogen) atoms. The van der Waals surface area contributed by atoms with Gasteiger partial charge in [0.1, 0.15) is 5.56 Å². The normalized spacial score (nSPS) is 12.2. The van der Waals surface area contributed by atoms with E-state index in [0.717, 1.165) is 29.7 Å². The molecule has 0 bridgehead atoms. The number of hydrogen-bond donors (Lipinski definition) is 2. The summed E-state index contributed by atoms with van der Waals surface area (Å²) in [6, 6.07) is 4.29. The average molecular weight is 400 g/mol. The van der Waals surface area contributed by atoms with Crippen LogP contribution in [0.15, 0.2) is 34.1 Å². The number of aromatic amines is 1. The van der Waals surface area contributed by atoms with Crippen LogP contribution >= 0.6 is 12.2 Å². The third kappa shape index (κ3) is 5.27. The van der Waals surface area contributed by atoms with Gasteiger partial charge in [0, 0.05) is 12.8 Å². The van der Waals surface area contributed by atoms with Gasteiger partial charge in [0.15, 0.2) is 4.77 Å². The summed E-state index contributed by atoms with van der Waals surface area (Å²) in [7, 11) is 3.83. The Morgan fingerprint density at radius 2 is 2.07 bits per heavy atom. The molecule has 0 aliphatic heterocycles. The lowest BCUT2D eigenvalue weighted by Crippen LogP contribution is -2.18. The average Bonchev–Trinajstić information content (AvgIpc) is 2.56. The topological polar surface area (TPSA) is 73.6 Å². The smallest absolute Gasteiger partial charge is 0.416 e. The molecule has 0 saturated carbocycles. The molecule has 2 rings (SSSR count). The van der Waals surface area contributed by atoms with Gasteiger partial charge in [-0.15, -0.1) is 0 Å². The number of aromatic nitrogens is 2. The Labute approximate surface area is 158 Å². The molecule has 0 amide bonds. The van der Waals surface area contributed by atoms with Crippen LogP contribution in [0.5, 0.6) is 5.88 Å². The molecule has 1 heterocycles. The SMILES string of the molecule is CN(C)CCCN=Cc1c(O)n(-c2cccc(C(F)(F)F)c2)c(=S)[nH]c1=O. The molecular weight excluding hydrogens is 381 g/mol. The Balaban J connectivity index is 2.43. The minimum absolute atomic E-state index is 0.0224. The Hall–Kier alpha value is -2.46. The summed E-state index contributed by atoms with van der Waals surface area (Å²) < 4.78 is 39.6. The molecule has 6 nitrogen and oxygen atoms in total. The van der Waals surface area contributed by atoms with Gasteiger partial charge in [-0.3, -0.25) is 19.3 Å². The first-order valence-corrected chi connectivity index (χ1v) is 8.42. The van der Waals surface area contributed by atoms with Crippen LogP contribution in [0, 0.1) is 4.77 Å². The molecule has 2 aromatic rings. The predicted molar refractivity (Wildman–Crippen MR) is 99.5 cm³/mol. The lowest BCUT2D eigenvalue weighted by Gasteiger charge is -2.13. The van der Waals surface area contributed by atoms with Crippen LogP contribution in [0.1, 0.15) is 17.5 Å².